The summed E-state index contributed by atoms with van der Waals surface area (Å²) in [6.45, 7) is 3.85. The lowest BCUT2D eigenvalue weighted by Crippen LogP contribution is -2.40. The summed E-state index contributed by atoms with van der Waals surface area (Å²) >= 11 is 0. The van der Waals surface area contributed by atoms with Crippen LogP contribution < -0.4 is 5.69 Å². The highest BCUT2D eigenvalue weighted by Gasteiger charge is 2.30. The summed E-state index contributed by atoms with van der Waals surface area (Å²) in [4.78, 5) is 27.1. The van der Waals surface area contributed by atoms with E-state index < -0.39 is 0 Å². The molecule has 0 spiro atoms. The van der Waals surface area contributed by atoms with E-state index in [9.17, 15) is 9.59 Å². The van der Waals surface area contributed by atoms with Crippen LogP contribution in [0.15, 0.2) is 47.4 Å². The molecule has 8 heteroatoms. The Labute approximate surface area is 156 Å². The number of carbonyl (C=O) groups excluding carboxylic acids is 1. The van der Waals surface area contributed by atoms with Crippen molar-refractivity contribution in [1.82, 2.24) is 29.4 Å². The third-order valence-electron chi connectivity index (χ3n) is 5.02. The van der Waals surface area contributed by atoms with Gasteiger partial charge in [0.2, 0.25) is 0 Å². The van der Waals surface area contributed by atoms with E-state index in [-0.39, 0.29) is 17.5 Å². The topological polar surface area (TPSA) is 88.8 Å². The molecule has 140 valence electrons. The Hall–Kier alpha value is -3.16. The molecule has 4 rings (SSSR count). The second-order valence-corrected chi connectivity index (χ2v) is 6.68. The zero-order chi connectivity index (χ0) is 18.8. The normalized spacial score (nSPS) is 17.2. The second-order valence-electron chi connectivity index (χ2n) is 6.68. The molecule has 3 heterocycles. The number of aryl methyl sites for hydroxylation is 1. The number of aromatic nitrogens is 5. The molecule has 8 nitrogen and oxygen atoms in total. The fourth-order valence-corrected chi connectivity index (χ4v) is 3.71. The Morgan fingerprint density at radius 2 is 2.07 bits per heavy atom. The van der Waals surface area contributed by atoms with Crippen LogP contribution in [0.3, 0.4) is 0 Å². The van der Waals surface area contributed by atoms with Crippen LogP contribution in [-0.4, -0.2) is 48.4 Å². The third-order valence-corrected chi connectivity index (χ3v) is 5.02. The number of benzene rings is 1. The molecule has 1 aromatic carbocycles. The van der Waals surface area contributed by atoms with Crippen molar-refractivity contribution in [3.8, 4) is 5.69 Å². The van der Waals surface area contributed by atoms with Gasteiger partial charge in [0.15, 0.2) is 0 Å². The van der Waals surface area contributed by atoms with E-state index in [1.165, 1.54) is 0 Å². The molecule has 0 radical (unpaired) electrons. The maximum Gasteiger partial charge on any atom is 0.347 e. The molecule has 1 aliphatic heterocycles. The monoisotopic (exact) mass is 366 g/mol. The van der Waals surface area contributed by atoms with Gasteiger partial charge in [-0.25, -0.2) is 14.5 Å². The Bertz CT molecular complexity index is 987. The van der Waals surface area contributed by atoms with Crippen molar-refractivity contribution < 1.29 is 4.79 Å². The third kappa shape index (κ3) is 3.18. The van der Waals surface area contributed by atoms with Crippen LogP contribution in [0.25, 0.3) is 5.69 Å². The van der Waals surface area contributed by atoms with Gasteiger partial charge in [-0.3, -0.25) is 9.48 Å². The van der Waals surface area contributed by atoms with Crippen molar-refractivity contribution in [2.75, 3.05) is 13.1 Å². The number of hydrogen-bond acceptors (Lipinski definition) is 4. The molecular weight excluding hydrogens is 344 g/mol. The summed E-state index contributed by atoms with van der Waals surface area (Å²) in [5, 5.41) is 11.0. The molecule has 1 aliphatic rings. The Morgan fingerprint density at radius 3 is 2.85 bits per heavy atom. The van der Waals surface area contributed by atoms with Crippen LogP contribution in [-0.2, 0) is 6.54 Å². The van der Waals surface area contributed by atoms with Gasteiger partial charge in [-0.05, 0) is 38.0 Å². The SMILES string of the molecule is CCn1nccc1C(=O)N1CCCC(c2n[nH]c(=O)n2-c2ccccc2)C1. The van der Waals surface area contributed by atoms with Gasteiger partial charge in [0.05, 0.1) is 5.69 Å². The quantitative estimate of drug-likeness (QED) is 0.762. The molecule has 0 bridgehead atoms. The average molecular weight is 366 g/mol. The summed E-state index contributed by atoms with van der Waals surface area (Å²) in [7, 11) is 0. The molecule has 1 amide bonds. The van der Waals surface area contributed by atoms with Gasteiger partial charge < -0.3 is 4.90 Å². The van der Waals surface area contributed by atoms with E-state index in [2.05, 4.69) is 15.3 Å². The zero-order valence-corrected chi connectivity index (χ0v) is 15.2. The summed E-state index contributed by atoms with van der Waals surface area (Å²) in [6.07, 6.45) is 3.40. The Morgan fingerprint density at radius 1 is 1.26 bits per heavy atom. The minimum atomic E-state index is -0.260. The number of likely N-dealkylation sites (tertiary alicyclic amines) is 1. The number of nitrogens with one attached hydrogen (secondary N) is 1. The predicted octanol–water partition coefficient (Wildman–Crippen LogP) is 1.80. The van der Waals surface area contributed by atoms with Gasteiger partial charge in [-0.15, -0.1) is 0 Å². The predicted molar refractivity (Wildman–Crippen MR) is 100.0 cm³/mol. The first-order valence-electron chi connectivity index (χ1n) is 9.23. The Balaban J connectivity index is 1.61. The first kappa shape index (κ1) is 17.3. The lowest BCUT2D eigenvalue weighted by Gasteiger charge is -2.32. The summed E-state index contributed by atoms with van der Waals surface area (Å²) < 4.78 is 3.31. The van der Waals surface area contributed by atoms with Gasteiger partial charge in [0.1, 0.15) is 11.5 Å². The van der Waals surface area contributed by atoms with Crippen molar-refractivity contribution in [1.29, 1.82) is 0 Å². The van der Waals surface area contributed by atoms with Crippen molar-refractivity contribution in [2.24, 2.45) is 0 Å². The van der Waals surface area contributed by atoms with Crippen LogP contribution in [0.2, 0.25) is 0 Å². The van der Waals surface area contributed by atoms with Crippen molar-refractivity contribution in [3.05, 3.63) is 64.6 Å². The molecule has 1 unspecified atom stereocenters. The number of nitrogens with zero attached hydrogens (tertiary/aromatic N) is 5. The molecular formula is C19H22N6O2. The number of aromatic amines is 1. The number of carbonyl (C=O) groups is 1. The minimum Gasteiger partial charge on any atom is -0.337 e. The first-order chi connectivity index (χ1) is 13.2. The molecule has 27 heavy (non-hydrogen) atoms. The van der Waals surface area contributed by atoms with E-state index in [1.807, 2.05) is 42.2 Å². The maximum absolute atomic E-state index is 12.9. The van der Waals surface area contributed by atoms with E-state index in [1.54, 1.807) is 21.5 Å². The summed E-state index contributed by atoms with van der Waals surface area (Å²) in [5.41, 5.74) is 1.11. The summed E-state index contributed by atoms with van der Waals surface area (Å²) in [6, 6.07) is 11.2. The fraction of sp³-hybridized carbons (Fsp3) is 0.368. The number of rotatable bonds is 4. The molecule has 0 saturated carbocycles. The average Bonchev–Trinajstić information content (AvgIpc) is 3.34. The standard InChI is InChI=1S/C19H22N6O2/c1-2-24-16(10-11-20-24)18(26)23-12-6-7-14(13-23)17-21-22-19(27)25(17)15-8-4-3-5-9-15/h3-5,8-11,14H,2,6-7,12-13H2,1H3,(H,22,27). The van der Waals surface area contributed by atoms with Gasteiger partial charge >= 0.3 is 5.69 Å². The van der Waals surface area contributed by atoms with Crippen LogP contribution in [0, 0.1) is 0 Å². The van der Waals surface area contributed by atoms with Crippen LogP contribution >= 0.6 is 0 Å². The summed E-state index contributed by atoms with van der Waals surface area (Å²) in [5.74, 6) is 0.649. The minimum absolute atomic E-state index is 0.000135. The number of piperidine rings is 1. The number of H-pyrrole nitrogens is 1. The van der Waals surface area contributed by atoms with E-state index in [4.69, 9.17) is 0 Å². The highest BCUT2D eigenvalue weighted by molar-refractivity contribution is 5.92. The zero-order valence-electron chi connectivity index (χ0n) is 15.2. The number of amides is 1. The highest BCUT2D eigenvalue weighted by Crippen LogP contribution is 2.27. The van der Waals surface area contributed by atoms with E-state index in [0.29, 0.717) is 31.2 Å². The van der Waals surface area contributed by atoms with Gasteiger partial charge in [0.25, 0.3) is 5.91 Å². The molecule has 1 N–H and O–H groups in total. The molecule has 2 aromatic heterocycles. The van der Waals surface area contributed by atoms with Crippen LogP contribution in [0.5, 0.6) is 0 Å². The van der Waals surface area contributed by atoms with Gasteiger partial charge in [-0.1, -0.05) is 18.2 Å². The maximum atomic E-state index is 12.9. The molecule has 1 atom stereocenters. The van der Waals surface area contributed by atoms with Gasteiger partial charge in [-0.2, -0.15) is 10.2 Å². The van der Waals surface area contributed by atoms with Gasteiger partial charge in [0, 0.05) is 31.7 Å². The largest absolute Gasteiger partial charge is 0.347 e. The van der Waals surface area contributed by atoms with Crippen molar-refractivity contribution in [2.45, 2.75) is 32.2 Å². The Kier molecular flexibility index (Phi) is 4.62. The number of hydrogen-bond donors (Lipinski definition) is 1. The molecule has 3 aromatic rings. The molecule has 0 aliphatic carbocycles. The fourth-order valence-electron chi connectivity index (χ4n) is 3.71. The smallest absolute Gasteiger partial charge is 0.337 e. The number of para-hydroxylation sites is 1. The lowest BCUT2D eigenvalue weighted by molar-refractivity contribution is 0.0691. The van der Waals surface area contributed by atoms with E-state index >= 15 is 0 Å². The first-order valence-corrected chi connectivity index (χ1v) is 9.23. The van der Waals surface area contributed by atoms with E-state index in [0.717, 1.165) is 18.5 Å². The second kappa shape index (κ2) is 7.22. The van der Waals surface area contributed by atoms with Crippen molar-refractivity contribution in [3.63, 3.8) is 0 Å². The highest BCUT2D eigenvalue weighted by atomic mass is 16.2. The lowest BCUT2D eigenvalue weighted by atomic mass is 9.96. The molecule has 1 saturated heterocycles. The van der Waals surface area contributed by atoms with Crippen LogP contribution in [0.1, 0.15) is 42.0 Å². The van der Waals surface area contributed by atoms with Crippen LogP contribution in [0.4, 0.5) is 0 Å². The van der Waals surface area contributed by atoms with Crippen molar-refractivity contribution >= 4 is 5.91 Å². The molecule has 1 fully saturated rings.